The predicted molar refractivity (Wildman–Crippen MR) is 58.1 cm³/mol. The van der Waals surface area contributed by atoms with Crippen LogP contribution in [-0.4, -0.2) is 48.7 Å². The minimum absolute atomic E-state index is 0.0273. The van der Waals surface area contributed by atoms with E-state index < -0.39 is 0 Å². The van der Waals surface area contributed by atoms with Crippen LogP contribution in [0.4, 0.5) is 5.82 Å². The summed E-state index contributed by atoms with van der Waals surface area (Å²) in [6.07, 6.45) is 4.73. The number of nitrogens with zero attached hydrogens (tertiary/aromatic N) is 3. The number of hydrogen-bond acceptors (Lipinski definition) is 5. The third-order valence-corrected chi connectivity index (χ3v) is 2.48. The molecule has 2 heterocycles. The highest BCUT2D eigenvalue weighted by atomic mass is 16.5. The van der Waals surface area contributed by atoms with Crippen LogP contribution in [-0.2, 0) is 9.53 Å². The highest BCUT2D eigenvalue weighted by Gasteiger charge is 2.27. The molecule has 1 unspecified atom stereocenters. The summed E-state index contributed by atoms with van der Waals surface area (Å²) in [5.74, 6) is 0.541. The van der Waals surface area contributed by atoms with Crippen molar-refractivity contribution in [1.29, 1.82) is 0 Å². The smallest absolute Gasteiger partial charge is 0.247 e. The second-order valence-corrected chi connectivity index (χ2v) is 3.47. The van der Waals surface area contributed by atoms with Crippen molar-refractivity contribution in [2.45, 2.75) is 6.04 Å². The van der Waals surface area contributed by atoms with E-state index in [4.69, 9.17) is 4.74 Å². The number of likely N-dealkylation sites (N-methyl/N-ethyl adjacent to an activating group) is 1. The lowest BCUT2D eigenvalue weighted by Gasteiger charge is -2.21. The molecule has 0 spiro atoms. The molecule has 0 radical (unpaired) electrons. The topological polar surface area (TPSA) is 67.3 Å². The van der Waals surface area contributed by atoms with Crippen molar-refractivity contribution in [3.8, 4) is 0 Å². The minimum atomic E-state index is -0.315. The summed E-state index contributed by atoms with van der Waals surface area (Å²) in [5.41, 5.74) is 0. The molecule has 0 saturated carbocycles. The van der Waals surface area contributed by atoms with E-state index in [0.29, 0.717) is 25.6 Å². The van der Waals surface area contributed by atoms with E-state index in [-0.39, 0.29) is 11.9 Å². The summed E-state index contributed by atoms with van der Waals surface area (Å²) in [7, 11) is 1.74. The Hall–Kier alpha value is -1.53. The molecule has 1 atom stereocenters. The van der Waals surface area contributed by atoms with Crippen LogP contribution in [0.15, 0.2) is 18.6 Å². The molecule has 86 valence electrons. The number of rotatable bonds is 2. The zero-order valence-corrected chi connectivity index (χ0v) is 9.09. The van der Waals surface area contributed by atoms with E-state index in [0.717, 1.165) is 0 Å². The number of ether oxygens (including phenoxy) is 1. The summed E-state index contributed by atoms with van der Waals surface area (Å²) < 4.78 is 5.35. The van der Waals surface area contributed by atoms with E-state index in [1.807, 2.05) is 0 Å². The van der Waals surface area contributed by atoms with Crippen LogP contribution in [0.3, 0.4) is 0 Å². The Morgan fingerprint density at radius 3 is 3.12 bits per heavy atom. The first-order valence-electron chi connectivity index (χ1n) is 5.15. The Kier molecular flexibility index (Phi) is 3.43. The Balaban J connectivity index is 2.22. The second kappa shape index (κ2) is 5.00. The number of aromatic nitrogens is 2. The third kappa shape index (κ3) is 2.17. The van der Waals surface area contributed by atoms with Crippen molar-refractivity contribution in [1.82, 2.24) is 15.3 Å². The van der Waals surface area contributed by atoms with Crippen LogP contribution in [0.1, 0.15) is 0 Å². The fourth-order valence-corrected chi connectivity index (χ4v) is 1.59. The van der Waals surface area contributed by atoms with Crippen molar-refractivity contribution < 1.29 is 9.53 Å². The van der Waals surface area contributed by atoms with Crippen molar-refractivity contribution in [3.63, 3.8) is 0 Å². The Labute approximate surface area is 93.6 Å². The van der Waals surface area contributed by atoms with Gasteiger partial charge in [-0.25, -0.2) is 4.98 Å². The number of carbonyl (C=O) groups is 1. The normalized spacial score (nSPS) is 21.9. The van der Waals surface area contributed by atoms with Gasteiger partial charge in [0.15, 0.2) is 5.82 Å². The second-order valence-electron chi connectivity index (χ2n) is 3.47. The summed E-state index contributed by atoms with van der Waals surface area (Å²) in [5, 5.41) is 2.93. The standard InChI is InChI=1S/C10H14N4O2/c1-11-8-7-16-5-4-14(10(8)15)9-6-12-2-3-13-9/h2-3,6,8,11H,4-5,7H2,1H3. The number of carbonyl (C=O) groups excluding carboxylic acids is 1. The van der Waals surface area contributed by atoms with Crippen LogP contribution >= 0.6 is 0 Å². The Morgan fingerprint density at radius 2 is 2.44 bits per heavy atom. The highest BCUT2D eigenvalue weighted by Crippen LogP contribution is 2.11. The maximum atomic E-state index is 12.1. The van der Waals surface area contributed by atoms with Gasteiger partial charge in [0.25, 0.3) is 0 Å². The molecule has 1 aliphatic rings. The number of hydrogen-bond donors (Lipinski definition) is 1. The van der Waals surface area contributed by atoms with Crippen LogP contribution in [0, 0.1) is 0 Å². The van der Waals surface area contributed by atoms with E-state index >= 15 is 0 Å². The summed E-state index contributed by atoms with van der Waals surface area (Å²) >= 11 is 0. The SMILES string of the molecule is CNC1COCCN(c2cnccn2)C1=O. The molecule has 1 N–H and O–H groups in total. The average molecular weight is 222 g/mol. The fourth-order valence-electron chi connectivity index (χ4n) is 1.59. The van der Waals surface area contributed by atoms with E-state index in [2.05, 4.69) is 15.3 Å². The van der Waals surface area contributed by atoms with Crippen LogP contribution < -0.4 is 10.2 Å². The average Bonchev–Trinajstić information content (AvgIpc) is 2.52. The lowest BCUT2D eigenvalue weighted by Crippen LogP contribution is -2.46. The lowest BCUT2D eigenvalue weighted by molar-refractivity contribution is -0.120. The van der Waals surface area contributed by atoms with Gasteiger partial charge in [0.2, 0.25) is 5.91 Å². The van der Waals surface area contributed by atoms with Gasteiger partial charge in [-0.3, -0.25) is 14.7 Å². The lowest BCUT2D eigenvalue weighted by atomic mass is 10.3. The zero-order chi connectivity index (χ0) is 11.4. The zero-order valence-electron chi connectivity index (χ0n) is 9.09. The number of anilines is 1. The van der Waals surface area contributed by atoms with Crippen molar-refractivity contribution in [2.24, 2.45) is 0 Å². The Morgan fingerprint density at radius 1 is 1.56 bits per heavy atom. The van der Waals surface area contributed by atoms with Crippen LogP contribution in [0.5, 0.6) is 0 Å². The van der Waals surface area contributed by atoms with E-state index in [9.17, 15) is 4.79 Å². The molecule has 1 fully saturated rings. The first-order chi connectivity index (χ1) is 7.83. The monoisotopic (exact) mass is 222 g/mol. The van der Waals surface area contributed by atoms with Crippen LogP contribution in [0.25, 0.3) is 0 Å². The van der Waals surface area contributed by atoms with Gasteiger partial charge < -0.3 is 10.1 Å². The molecular weight excluding hydrogens is 208 g/mol. The van der Waals surface area contributed by atoms with Gasteiger partial charge in [-0.1, -0.05) is 0 Å². The minimum Gasteiger partial charge on any atom is -0.377 e. The molecule has 16 heavy (non-hydrogen) atoms. The molecule has 6 heteroatoms. The number of amides is 1. The van der Waals surface area contributed by atoms with E-state index in [1.165, 1.54) is 0 Å². The fraction of sp³-hybridized carbons (Fsp3) is 0.500. The van der Waals surface area contributed by atoms with Crippen molar-refractivity contribution >= 4 is 11.7 Å². The molecule has 1 aromatic rings. The molecule has 1 saturated heterocycles. The molecule has 0 aromatic carbocycles. The maximum Gasteiger partial charge on any atom is 0.247 e. The highest BCUT2D eigenvalue weighted by molar-refractivity contribution is 5.96. The van der Waals surface area contributed by atoms with Gasteiger partial charge in [-0.2, -0.15) is 0 Å². The molecular formula is C10H14N4O2. The van der Waals surface area contributed by atoms with Gasteiger partial charge in [-0.05, 0) is 7.05 Å². The molecule has 6 nitrogen and oxygen atoms in total. The molecule has 0 aliphatic carbocycles. The van der Waals surface area contributed by atoms with E-state index in [1.54, 1.807) is 30.5 Å². The first-order valence-corrected chi connectivity index (χ1v) is 5.15. The van der Waals surface area contributed by atoms with Gasteiger partial charge in [0.1, 0.15) is 6.04 Å². The first kappa shape index (κ1) is 11.0. The van der Waals surface area contributed by atoms with Gasteiger partial charge in [0.05, 0.1) is 26.0 Å². The molecule has 1 aliphatic heterocycles. The maximum absolute atomic E-state index is 12.1. The Bertz CT molecular complexity index is 357. The summed E-state index contributed by atoms with van der Waals surface area (Å²) in [6, 6.07) is -0.315. The van der Waals surface area contributed by atoms with Gasteiger partial charge >= 0.3 is 0 Å². The molecule has 1 amide bonds. The van der Waals surface area contributed by atoms with Gasteiger partial charge in [0, 0.05) is 12.4 Å². The van der Waals surface area contributed by atoms with Crippen molar-refractivity contribution in [3.05, 3.63) is 18.6 Å². The van der Waals surface area contributed by atoms with Gasteiger partial charge in [-0.15, -0.1) is 0 Å². The number of nitrogens with one attached hydrogen (secondary N) is 1. The largest absolute Gasteiger partial charge is 0.377 e. The summed E-state index contributed by atoms with van der Waals surface area (Å²) in [4.78, 5) is 21.8. The molecule has 1 aromatic heterocycles. The predicted octanol–water partition coefficient (Wildman–Crippen LogP) is -0.572. The third-order valence-electron chi connectivity index (χ3n) is 2.48. The van der Waals surface area contributed by atoms with Crippen LogP contribution in [0.2, 0.25) is 0 Å². The summed E-state index contributed by atoms with van der Waals surface area (Å²) in [6.45, 7) is 1.42. The quantitative estimate of drug-likeness (QED) is 0.725. The molecule has 2 rings (SSSR count). The van der Waals surface area contributed by atoms with Crippen molar-refractivity contribution in [2.75, 3.05) is 31.7 Å². The molecule has 0 bridgehead atoms.